The van der Waals surface area contributed by atoms with E-state index < -0.39 is 0 Å². The second-order valence-corrected chi connectivity index (χ2v) is 5.48. The van der Waals surface area contributed by atoms with Crippen LogP contribution >= 0.6 is 27.5 Å². The lowest BCUT2D eigenvalue weighted by atomic mass is 10.1. The van der Waals surface area contributed by atoms with Gasteiger partial charge in [-0.3, -0.25) is 0 Å². The maximum absolute atomic E-state index is 6.14. The van der Waals surface area contributed by atoms with E-state index in [-0.39, 0.29) is 6.04 Å². The fraction of sp³-hybridized carbons (Fsp3) is 0.200. The van der Waals surface area contributed by atoms with E-state index in [0.717, 1.165) is 21.6 Å². The Morgan fingerprint density at radius 2 is 1.78 bits per heavy atom. The van der Waals surface area contributed by atoms with Crippen molar-refractivity contribution in [2.45, 2.75) is 19.5 Å². The first-order valence-corrected chi connectivity index (χ1v) is 7.07. The van der Waals surface area contributed by atoms with Crippen LogP contribution in [0.2, 0.25) is 5.02 Å². The fourth-order valence-electron chi connectivity index (χ4n) is 1.84. The van der Waals surface area contributed by atoms with E-state index >= 15 is 0 Å². The van der Waals surface area contributed by atoms with Crippen LogP contribution in [0.4, 0.5) is 0 Å². The van der Waals surface area contributed by atoms with Crippen LogP contribution in [-0.2, 0) is 6.54 Å². The number of halogens is 2. The Balaban J connectivity index is 2.03. The smallest absolute Gasteiger partial charge is 0.0450 e. The van der Waals surface area contributed by atoms with Gasteiger partial charge in [0.1, 0.15) is 0 Å². The van der Waals surface area contributed by atoms with Gasteiger partial charge in [0, 0.05) is 22.1 Å². The van der Waals surface area contributed by atoms with Crippen molar-refractivity contribution in [3.05, 3.63) is 69.2 Å². The van der Waals surface area contributed by atoms with Crippen molar-refractivity contribution in [2.24, 2.45) is 0 Å². The number of hydrogen-bond acceptors (Lipinski definition) is 1. The topological polar surface area (TPSA) is 12.0 Å². The van der Waals surface area contributed by atoms with Gasteiger partial charge in [-0.2, -0.15) is 0 Å². The van der Waals surface area contributed by atoms with E-state index in [4.69, 9.17) is 11.6 Å². The van der Waals surface area contributed by atoms with Crippen LogP contribution in [0.5, 0.6) is 0 Å². The SMILES string of the molecule is CC(NCc1ccccc1Cl)c1ccccc1Br. The minimum Gasteiger partial charge on any atom is -0.306 e. The Morgan fingerprint density at radius 1 is 1.11 bits per heavy atom. The zero-order chi connectivity index (χ0) is 13.0. The molecular formula is C15H15BrClN. The van der Waals surface area contributed by atoms with Crippen molar-refractivity contribution >= 4 is 27.5 Å². The first-order chi connectivity index (χ1) is 8.68. The molecule has 0 saturated heterocycles. The molecule has 0 bridgehead atoms. The Morgan fingerprint density at radius 3 is 2.50 bits per heavy atom. The molecule has 0 aliphatic rings. The molecule has 0 fully saturated rings. The zero-order valence-corrected chi connectivity index (χ0v) is 12.5. The van der Waals surface area contributed by atoms with Crippen LogP contribution in [0.25, 0.3) is 0 Å². The van der Waals surface area contributed by atoms with Gasteiger partial charge in [0.25, 0.3) is 0 Å². The Labute approximate surface area is 121 Å². The van der Waals surface area contributed by atoms with Gasteiger partial charge in [0.05, 0.1) is 0 Å². The zero-order valence-electron chi connectivity index (χ0n) is 10.2. The molecule has 2 rings (SSSR count). The van der Waals surface area contributed by atoms with Crippen molar-refractivity contribution in [3.8, 4) is 0 Å². The summed E-state index contributed by atoms with van der Waals surface area (Å²) in [6.45, 7) is 2.92. The van der Waals surface area contributed by atoms with Gasteiger partial charge in [-0.25, -0.2) is 0 Å². The summed E-state index contributed by atoms with van der Waals surface area (Å²) in [6.07, 6.45) is 0. The lowest BCUT2D eigenvalue weighted by Gasteiger charge is -2.16. The van der Waals surface area contributed by atoms with Crippen LogP contribution in [0.15, 0.2) is 53.0 Å². The van der Waals surface area contributed by atoms with Crippen LogP contribution < -0.4 is 5.32 Å². The third-order valence-electron chi connectivity index (χ3n) is 2.93. The Kier molecular flexibility index (Phi) is 4.81. The molecule has 1 unspecified atom stereocenters. The molecule has 1 N–H and O–H groups in total. The number of hydrogen-bond donors (Lipinski definition) is 1. The van der Waals surface area contributed by atoms with Crippen LogP contribution in [-0.4, -0.2) is 0 Å². The molecular weight excluding hydrogens is 310 g/mol. The molecule has 94 valence electrons. The molecule has 18 heavy (non-hydrogen) atoms. The van der Waals surface area contributed by atoms with Crippen LogP contribution in [0.3, 0.4) is 0 Å². The second kappa shape index (κ2) is 6.37. The molecule has 0 saturated carbocycles. The van der Waals surface area contributed by atoms with Crippen LogP contribution in [0.1, 0.15) is 24.1 Å². The molecule has 0 radical (unpaired) electrons. The summed E-state index contributed by atoms with van der Waals surface area (Å²) in [5, 5.41) is 4.29. The molecule has 0 amide bonds. The number of rotatable bonds is 4. The molecule has 0 aliphatic carbocycles. The molecule has 0 spiro atoms. The van der Waals surface area contributed by atoms with Crippen molar-refractivity contribution in [1.82, 2.24) is 5.32 Å². The van der Waals surface area contributed by atoms with Gasteiger partial charge >= 0.3 is 0 Å². The van der Waals surface area contributed by atoms with Gasteiger partial charge in [-0.1, -0.05) is 63.9 Å². The summed E-state index contributed by atoms with van der Waals surface area (Å²) in [7, 11) is 0. The van der Waals surface area contributed by atoms with E-state index in [2.05, 4.69) is 40.3 Å². The first kappa shape index (κ1) is 13.6. The average Bonchev–Trinajstić information content (AvgIpc) is 2.38. The normalized spacial score (nSPS) is 12.4. The predicted molar refractivity (Wildman–Crippen MR) is 80.8 cm³/mol. The van der Waals surface area contributed by atoms with Gasteiger partial charge in [-0.05, 0) is 30.2 Å². The van der Waals surface area contributed by atoms with E-state index in [9.17, 15) is 0 Å². The standard InChI is InChI=1S/C15H15BrClN/c1-11(13-7-3-4-8-14(13)16)18-10-12-6-2-5-9-15(12)17/h2-9,11,18H,10H2,1H3. The summed E-state index contributed by atoms with van der Waals surface area (Å²) in [4.78, 5) is 0. The maximum atomic E-state index is 6.14. The highest BCUT2D eigenvalue weighted by Gasteiger charge is 2.08. The fourth-order valence-corrected chi connectivity index (χ4v) is 2.67. The molecule has 2 aromatic rings. The van der Waals surface area contributed by atoms with E-state index in [0.29, 0.717) is 0 Å². The third-order valence-corrected chi connectivity index (χ3v) is 4.02. The highest BCUT2D eigenvalue weighted by molar-refractivity contribution is 9.10. The van der Waals surface area contributed by atoms with Crippen LogP contribution in [0, 0.1) is 0 Å². The monoisotopic (exact) mass is 323 g/mol. The maximum Gasteiger partial charge on any atom is 0.0450 e. The van der Waals surface area contributed by atoms with Gasteiger partial charge < -0.3 is 5.32 Å². The summed E-state index contributed by atoms with van der Waals surface area (Å²) in [5.41, 5.74) is 2.38. The molecule has 0 aromatic heterocycles. The van der Waals surface area contributed by atoms with E-state index in [1.54, 1.807) is 0 Å². The third kappa shape index (κ3) is 3.35. The quantitative estimate of drug-likeness (QED) is 0.838. The number of nitrogens with one attached hydrogen (secondary N) is 1. The van der Waals surface area contributed by atoms with Gasteiger partial charge in [-0.15, -0.1) is 0 Å². The summed E-state index contributed by atoms with van der Waals surface area (Å²) >= 11 is 9.71. The molecule has 3 heteroatoms. The van der Waals surface area contributed by atoms with Crippen molar-refractivity contribution in [2.75, 3.05) is 0 Å². The second-order valence-electron chi connectivity index (χ2n) is 4.22. The Hall–Kier alpha value is -0.830. The molecule has 2 aromatic carbocycles. The van der Waals surface area contributed by atoms with E-state index in [1.807, 2.05) is 36.4 Å². The molecule has 1 nitrogen and oxygen atoms in total. The number of benzene rings is 2. The van der Waals surface area contributed by atoms with Crippen molar-refractivity contribution in [1.29, 1.82) is 0 Å². The molecule has 0 heterocycles. The van der Waals surface area contributed by atoms with Crippen molar-refractivity contribution < 1.29 is 0 Å². The van der Waals surface area contributed by atoms with Gasteiger partial charge in [0.2, 0.25) is 0 Å². The largest absolute Gasteiger partial charge is 0.306 e. The minimum absolute atomic E-state index is 0.275. The van der Waals surface area contributed by atoms with Crippen molar-refractivity contribution in [3.63, 3.8) is 0 Å². The highest BCUT2D eigenvalue weighted by Crippen LogP contribution is 2.23. The van der Waals surface area contributed by atoms with Gasteiger partial charge in [0.15, 0.2) is 0 Å². The summed E-state index contributed by atoms with van der Waals surface area (Å²) < 4.78 is 1.13. The summed E-state index contributed by atoms with van der Waals surface area (Å²) in [5.74, 6) is 0. The lowest BCUT2D eigenvalue weighted by molar-refractivity contribution is 0.573. The molecule has 1 atom stereocenters. The summed E-state index contributed by atoms with van der Waals surface area (Å²) in [6, 6.07) is 16.4. The first-order valence-electron chi connectivity index (χ1n) is 5.89. The lowest BCUT2D eigenvalue weighted by Crippen LogP contribution is -2.18. The Bertz CT molecular complexity index is 527. The highest BCUT2D eigenvalue weighted by atomic mass is 79.9. The minimum atomic E-state index is 0.275. The predicted octanol–water partition coefficient (Wildman–Crippen LogP) is 4.95. The molecule has 0 aliphatic heterocycles. The van der Waals surface area contributed by atoms with E-state index in [1.165, 1.54) is 5.56 Å². The average molecular weight is 325 g/mol.